The lowest BCUT2D eigenvalue weighted by molar-refractivity contribution is -0.137. The van der Waals surface area contributed by atoms with Gasteiger partial charge in [0.1, 0.15) is 11.8 Å². The van der Waals surface area contributed by atoms with Gasteiger partial charge in [-0.25, -0.2) is 4.98 Å². The lowest BCUT2D eigenvalue weighted by atomic mass is 10.1. The van der Waals surface area contributed by atoms with Crippen molar-refractivity contribution in [2.24, 2.45) is 12.8 Å². The minimum atomic E-state index is -4.47. The molecule has 0 bridgehead atoms. The van der Waals surface area contributed by atoms with Crippen molar-refractivity contribution in [3.8, 4) is 22.9 Å². The van der Waals surface area contributed by atoms with E-state index in [1.165, 1.54) is 29.1 Å². The standard InChI is InChI=1S/C21H20F3N5O3/c1-3-16(18(25)30)27-19(31)12-10-15(17-8-9-29(2)28-17)20(26-11-12)32-14-6-4-13(5-7-14)21(22,23)24/h4-11,16H,3H2,1-2H3,(H2,25,30)(H,27,31)/t16-/m1/s1. The minimum Gasteiger partial charge on any atom is -0.438 e. The largest absolute Gasteiger partial charge is 0.438 e. The number of hydrogen-bond donors (Lipinski definition) is 2. The van der Waals surface area contributed by atoms with Crippen LogP contribution >= 0.6 is 0 Å². The molecule has 0 aliphatic carbocycles. The SMILES string of the molecule is CC[C@@H](NC(=O)c1cnc(Oc2ccc(C(F)(F)F)cc2)c(-c2ccn(C)n2)c1)C(N)=O. The first-order valence-corrected chi connectivity index (χ1v) is 9.54. The molecule has 0 unspecified atom stereocenters. The Balaban J connectivity index is 1.94. The van der Waals surface area contributed by atoms with Crippen LogP contribution in [-0.2, 0) is 18.0 Å². The summed E-state index contributed by atoms with van der Waals surface area (Å²) in [6, 6.07) is 6.43. The van der Waals surface area contributed by atoms with Gasteiger partial charge in [-0.15, -0.1) is 0 Å². The zero-order valence-electron chi connectivity index (χ0n) is 17.2. The van der Waals surface area contributed by atoms with Crippen LogP contribution in [0.15, 0.2) is 48.8 Å². The van der Waals surface area contributed by atoms with Crippen LogP contribution in [0.2, 0.25) is 0 Å². The number of amides is 2. The van der Waals surface area contributed by atoms with E-state index in [1.54, 1.807) is 26.2 Å². The molecule has 0 saturated carbocycles. The predicted molar refractivity (Wildman–Crippen MR) is 109 cm³/mol. The second kappa shape index (κ2) is 9.08. The molecule has 3 aromatic rings. The number of aromatic nitrogens is 3. The first-order valence-electron chi connectivity index (χ1n) is 9.54. The summed E-state index contributed by atoms with van der Waals surface area (Å²) >= 11 is 0. The number of carbonyl (C=O) groups is 2. The Hall–Kier alpha value is -3.89. The molecule has 11 heteroatoms. The molecule has 0 saturated heterocycles. The Bertz CT molecular complexity index is 1130. The van der Waals surface area contributed by atoms with Gasteiger partial charge < -0.3 is 15.8 Å². The summed E-state index contributed by atoms with van der Waals surface area (Å²) in [4.78, 5) is 28.2. The van der Waals surface area contributed by atoms with Crippen molar-refractivity contribution < 1.29 is 27.5 Å². The number of halogens is 3. The molecule has 0 radical (unpaired) electrons. The van der Waals surface area contributed by atoms with Gasteiger partial charge in [0.05, 0.1) is 22.4 Å². The van der Waals surface area contributed by atoms with Gasteiger partial charge in [-0.3, -0.25) is 14.3 Å². The number of aryl methyl sites for hydroxylation is 1. The Morgan fingerprint density at radius 1 is 1.22 bits per heavy atom. The van der Waals surface area contributed by atoms with Crippen molar-refractivity contribution in [1.29, 1.82) is 0 Å². The number of pyridine rings is 1. The average Bonchev–Trinajstić information content (AvgIpc) is 3.17. The molecule has 1 aromatic carbocycles. The molecule has 32 heavy (non-hydrogen) atoms. The highest BCUT2D eigenvalue weighted by atomic mass is 19.4. The summed E-state index contributed by atoms with van der Waals surface area (Å²) in [5.41, 5.74) is 5.36. The Morgan fingerprint density at radius 2 is 1.91 bits per heavy atom. The number of ether oxygens (including phenoxy) is 1. The lowest BCUT2D eigenvalue weighted by Crippen LogP contribution is -2.43. The van der Waals surface area contributed by atoms with Gasteiger partial charge in [-0.2, -0.15) is 18.3 Å². The maximum Gasteiger partial charge on any atom is 0.416 e. The fraction of sp³-hybridized carbons (Fsp3) is 0.238. The van der Waals surface area contributed by atoms with Crippen molar-refractivity contribution >= 4 is 11.8 Å². The molecule has 2 aromatic heterocycles. The number of hydrogen-bond acceptors (Lipinski definition) is 5. The van der Waals surface area contributed by atoms with Crippen LogP contribution in [-0.4, -0.2) is 32.6 Å². The van der Waals surface area contributed by atoms with Gasteiger partial charge >= 0.3 is 6.18 Å². The highest BCUT2D eigenvalue weighted by Crippen LogP contribution is 2.34. The monoisotopic (exact) mass is 447 g/mol. The summed E-state index contributed by atoms with van der Waals surface area (Å²) in [6.07, 6.45) is -1.25. The molecule has 3 rings (SSSR count). The van der Waals surface area contributed by atoms with Crippen LogP contribution < -0.4 is 15.8 Å². The van der Waals surface area contributed by atoms with Gasteiger partial charge in [-0.05, 0) is 42.8 Å². The summed E-state index contributed by atoms with van der Waals surface area (Å²) in [5, 5.41) is 6.81. The van der Waals surface area contributed by atoms with E-state index in [9.17, 15) is 22.8 Å². The van der Waals surface area contributed by atoms with Crippen LogP contribution in [0, 0.1) is 0 Å². The fourth-order valence-electron chi connectivity index (χ4n) is 2.84. The van der Waals surface area contributed by atoms with Gasteiger partial charge in [-0.1, -0.05) is 6.92 Å². The maximum absolute atomic E-state index is 12.8. The van der Waals surface area contributed by atoms with Gasteiger partial charge in [0.25, 0.3) is 5.91 Å². The van der Waals surface area contributed by atoms with Crippen LogP contribution in [0.3, 0.4) is 0 Å². The van der Waals surface area contributed by atoms with E-state index < -0.39 is 29.6 Å². The van der Waals surface area contributed by atoms with Gasteiger partial charge in [0, 0.05) is 19.4 Å². The third-order valence-corrected chi connectivity index (χ3v) is 4.56. The second-order valence-electron chi connectivity index (χ2n) is 6.91. The predicted octanol–water partition coefficient (Wildman–Crippen LogP) is 3.29. The molecule has 1 atom stereocenters. The molecule has 2 heterocycles. The van der Waals surface area contributed by atoms with Crippen molar-refractivity contribution in [3.05, 3.63) is 59.9 Å². The molecule has 0 aliphatic heterocycles. The zero-order valence-corrected chi connectivity index (χ0v) is 17.2. The molecular formula is C21H20F3N5O3. The minimum absolute atomic E-state index is 0.0435. The molecule has 168 valence electrons. The van der Waals surface area contributed by atoms with Crippen LogP contribution in [0.5, 0.6) is 11.6 Å². The number of rotatable bonds is 7. The number of primary amides is 1. The second-order valence-corrected chi connectivity index (χ2v) is 6.91. The van der Waals surface area contributed by atoms with E-state index >= 15 is 0 Å². The summed E-state index contributed by atoms with van der Waals surface area (Å²) < 4.78 is 45.6. The third-order valence-electron chi connectivity index (χ3n) is 4.56. The van der Waals surface area contributed by atoms with E-state index in [-0.39, 0.29) is 17.2 Å². The number of nitrogens with zero attached hydrogens (tertiary/aromatic N) is 3. The van der Waals surface area contributed by atoms with Crippen molar-refractivity contribution in [2.45, 2.75) is 25.6 Å². The Labute approximate surface area is 181 Å². The van der Waals surface area contributed by atoms with E-state index in [4.69, 9.17) is 10.5 Å². The Kier molecular flexibility index (Phi) is 6.47. The molecule has 0 spiro atoms. The van der Waals surface area contributed by atoms with Crippen LogP contribution in [0.25, 0.3) is 11.3 Å². The average molecular weight is 447 g/mol. The normalized spacial score (nSPS) is 12.3. The summed E-state index contributed by atoms with van der Waals surface area (Å²) in [5.74, 6) is -1.07. The summed E-state index contributed by atoms with van der Waals surface area (Å²) in [7, 11) is 1.70. The zero-order chi connectivity index (χ0) is 23.5. The van der Waals surface area contributed by atoms with E-state index in [0.29, 0.717) is 17.7 Å². The van der Waals surface area contributed by atoms with Crippen LogP contribution in [0.4, 0.5) is 13.2 Å². The number of alkyl halides is 3. The highest BCUT2D eigenvalue weighted by Gasteiger charge is 2.30. The van der Waals surface area contributed by atoms with Crippen LogP contribution in [0.1, 0.15) is 29.3 Å². The molecule has 8 nitrogen and oxygen atoms in total. The number of carbonyl (C=O) groups excluding carboxylic acids is 2. The van der Waals surface area contributed by atoms with Crippen molar-refractivity contribution in [3.63, 3.8) is 0 Å². The third kappa shape index (κ3) is 5.23. The molecule has 0 fully saturated rings. The first kappa shape index (κ1) is 22.8. The van der Waals surface area contributed by atoms with E-state index in [2.05, 4.69) is 15.4 Å². The van der Waals surface area contributed by atoms with E-state index in [0.717, 1.165) is 12.1 Å². The first-order chi connectivity index (χ1) is 15.1. The number of benzene rings is 1. The molecule has 2 amide bonds. The molecule has 0 aliphatic rings. The smallest absolute Gasteiger partial charge is 0.416 e. The van der Waals surface area contributed by atoms with Crippen molar-refractivity contribution in [2.75, 3.05) is 0 Å². The fourth-order valence-corrected chi connectivity index (χ4v) is 2.84. The van der Waals surface area contributed by atoms with Gasteiger partial charge in [0.15, 0.2) is 0 Å². The highest BCUT2D eigenvalue weighted by molar-refractivity contribution is 5.98. The maximum atomic E-state index is 12.8. The van der Waals surface area contributed by atoms with Crippen molar-refractivity contribution in [1.82, 2.24) is 20.1 Å². The number of nitrogens with one attached hydrogen (secondary N) is 1. The lowest BCUT2D eigenvalue weighted by Gasteiger charge is -2.15. The number of nitrogens with two attached hydrogens (primary N) is 1. The molecular weight excluding hydrogens is 427 g/mol. The van der Waals surface area contributed by atoms with Gasteiger partial charge in [0.2, 0.25) is 11.8 Å². The Morgan fingerprint density at radius 3 is 2.44 bits per heavy atom. The molecule has 3 N–H and O–H groups in total. The van der Waals surface area contributed by atoms with E-state index in [1.807, 2.05) is 0 Å². The topological polar surface area (TPSA) is 112 Å². The summed E-state index contributed by atoms with van der Waals surface area (Å²) in [6.45, 7) is 1.70. The quantitative estimate of drug-likeness (QED) is 0.577.